The van der Waals surface area contributed by atoms with Crippen LogP contribution in [0, 0.1) is 6.92 Å². The van der Waals surface area contributed by atoms with E-state index < -0.39 is 0 Å². The van der Waals surface area contributed by atoms with E-state index in [1.54, 1.807) is 6.20 Å². The first kappa shape index (κ1) is 16.3. The van der Waals surface area contributed by atoms with Crippen molar-refractivity contribution in [2.45, 2.75) is 19.8 Å². The van der Waals surface area contributed by atoms with Crippen molar-refractivity contribution < 1.29 is 4.79 Å². The second-order valence-corrected chi connectivity index (χ2v) is 6.60. The molecule has 0 fully saturated rings. The summed E-state index contributed by atoms with van der Waals surface area (Å²) in [6.07, 6.45) is 3.90. The Morgan fingerprint density at radius 3 is 2.73 bits per heavy atom. The minimum absolute atomic E-state index is 0.194. The molecule has 0 spiro atoms. The maximum Gasteiger partial charge on any atom is 0.274 e. The Morgan fingerprint density at radius 1 is 1.08 bits per heavy atom. The summed E-state index contributed by atoms with van der Waals surface area (Å²) in [6, 6.07) is 20.0. The standard InChI is InChI=1S/C22H21N3O/c1-16-8-10-18(11-9-16)24-22(26)20-15-19(12-13-23-20)25-14-4-6-17-5-2-3-7-21(17)25/h2-3,5,7-13,15H,4,6,14H2,1H3,(H,24,26). The molecule has 0 unspecified atom stereocenters. The molecule has 26 heavy (non-hydrogen) atoms. The van der Waals surface area contributed by atoms with Gasteiger partial charge in [0, 0.05) is 29.8 Å². The molecule has 1 aliphatic heterocycles. The second kappa shape index (κ2) is 7.00. The van der Waals surface area contributed by atoms with Gasteiger partial charge in [-0.25, -0.2) is 0 Å². The normalized spacial score (nSPS) is 13.2. The SMILES string of the molecule is Cc1ccc(NC(=O)c2cc(N3CCCc4ccccc43)ccn2)cc1. The molecular weight excluding hydrogens is 322 g/mol. The Labute approximate surface area is 153 Å². The number of para-hydroxylation sites is 1. The van der Waals surface area contributed by atoms with Crippen LogP contribution in [0.4, 0.5) is 17.1 Å². The molecule has 0 saturated heterocycles. The highest BCUT2D eigenvalue weighted by Crippen LogP contribution is 2.33. The molecule has 4 nitrogen and oxygen atoms in total. The smallest absolute Gasteiger partial charge is 0.274 e. The Hall–Kier alpha value is -3.14. The van der Waals surface area contributed by atoms with Crippen LogP contribution in [0.25, 0.3) is 0 Å². The first-order valence-electron chi connectivity index (χ1n) is 8.90. The van der Waals surface area contributed by atoms with Gasteiger partial charge in [-0.15, -0.1) is 0 Å². The minimum Gasteiger partial charge on any atom is -0.341 e. The fourth-order valence-electron chi connectivity index (χ4n) is 3.35. The summed E-state index contributed by atoms with van der Waals surface area (Å²) in [5.41, 5.74) is 5.92. The first-order valence-corrected chi connectivity index (χ1v) is 8.90. The summed E-state index contributed by atoms with van der Waals surface area (Å²) in [6.45, 7) is 2.97. The van der Waals surface area contributed by atoms with E-state index in [9.17, 15) is 4.79 Å². The van der Waals surface area contributed by atoms with Gasteiger partial charge in [0.2, 0.25) is 0 Å². The number of benzene rings is 2. The molecule has 1 aliphatic rings. The molecule has 4 rings (SSSR count). The number of amides is 1. The van der Waals surface area contributed by atoms with Crippen LogP contribution >= 0.6 is 0 Å². The van der Waals surface area contributed by atoms with Crippen molar-refractivity contribution in [3.05, 3.63) is 83.7 Å². The van der Waals surface area contributed by atoms with Crippen LogP contribution in [0.15, 0.2) is 66.9 Å². The Kier molecular flexibility index (Phi) is 4.40. The molecule has 0 atom stereocenters. The van der Waals surface area contributed by atoms with Crippen LogP contribution in [-0.4, -0.2) is 17.4 Å². The van der Waals surface area contributed by atoms with Gasteiger partial charge in [-0.05, 0) is 55.7 Å². The van der Waals surface area contributed by atoms with Gasteiger partial charge in [0.1, 0.15) is 5.69 Å². The third-order valence-electron chi connectivity index (χ3n) is 4.71. The van der Waals surface area contributed by atoms with E-state index in [1.807, 2.05) is 43.3 Å². The molecule has 4 heteroatoms. The molecule has 130 valence electrons. The minimum atomic E-state index is -0.194. The average molecular weight is 343 g/mol. The van der Waals surface area contributed by atoms with Crippen LogP contribution in [0.1, 0.15) is 28.0 Å². The number of hydrogen-bond donors (Lipinski definition) is 1. The number of anilines is 3. The van der Waals surface area contributed by atoms with Gasteiger partial charge >= 0.3 is 0 Å². The number of carbonyl (C=O) groups is 1. The third kappa shape index (κ3) is 3.31. The summed E-state index contributed by atoms with van der Waals surface area (Å²) < 4.78 is 0. The lowest BCUT2D eigenvalue weighted by atomic mass is 10.0. The zero-order chi connectivity index (χ0) is 17.9. The molecule has 1 N–H and O–H groups in total. The number of fused-ring (bicyclic) bond motifs is 1. The van der Waals surface area contributed by atoms with E-state index in [4.69, 9.17) is 0 Å². The predicted molar refractivity (Wildman–Crippen MR) is 105 cm³/mol. The quantitative estimate of drug-likeness (QED) is 0.748. The average Bonchev–Trinajstić information content (AvgIpc) is 2.69. The molecule has 1 aromatic heterocycles. The monoisotopic (exact) mass is 343 g/mol. The van der Waals surface area contributed by atoms with Crippen LogP contribution < -0.4 is 10.2 Å². The van der Waals surface area contributed by atoms with Gasteiger partial charge in [-0.3, -0.25) is 9.78 Å². The van der Waals surface area contributed by atoms with Crippen molar-refractivity contribution in [1.82, 2.24) is 4.98 Å². The molecular formula is C22H21N3O. The fourth-order valence-corrected chi connectivity index (χ4v) is 3.35. The van der Waals surface area contributed by atoms with Crippen molar-refractivity contribution in [3.8, 4) is 0 Å². The van der Waals surface area contributed by atoms with Crippen molar-refractivity contribution >= 4 is 23.0 Å². The fraction of sp³-hybridized carbons (Fsp3) is 0.182. The second-order valence-electron chi connectivity index (χ2n) is 6.60. The number of aryl methyl sites for hydroxylation is 2. The lowest BCUT2D eigenvalue weighted by Crippen LogP contribution is -2.25. The summed E-state index contributed by atoms with van der Waals surface area (Å²) in [4.78, 5) is 19.1. The van der Waals surface area contributed by atoms with Crippen LogP contribution in [0.5, 0.6) is 0 Å². The molecule has 0 aliphatic carbocycles. The topological polar surface area (TPSA) is 45.2 Å². The summed E-state index contributed by atoms with van der Waals surface area (Å²) in [5, 5.41) is 2.91. The highest BCUT2D eigenvalue weighted by molar-refractivity contribution is 6.03. The Balaban J connectivity index is 1.59. The Bertz CT molecular complexity index is 934. The molecule has 0 saturated carbocycles. The van der Waals surface area contributed by atoms with E-state index >= 15 is 0 Å². The van der Waals surface area contributed by atoms with E-state index in [-0.39, 0.29) is 5.91 Å². The number of nitrogens with one attached hydrogen (secondary N) is 1. The number of aromatic nitrogens is 1. The molecule has 1 amide bonds. The lowest BCUT2D eigenvalue weighted by molar-refractivity contribution is 0.102. The number of nitrogens with zero attached hydrogens (tertiary/aromatic N) is 2. The van der Waals surface area contributed by atoms with Gasteiger partial charge in [0.25, 0.3) is 5.91 Å². The van der Waals surface area contributed by atoms with Gasteiger partial charge in [0.05, 0.1) is 0 Å². The van der Waals surface area contributed by atoms with E-state index in [0.29, 0.717) is 5.69 Å². The maximum absolute atomic E-state index is 12.6. The van der Waals surface area contributed by atoms with Crippen LogP contribution in [-0.2, 0) is 6.42 Å². The highest BCUT2D eigenvalue weighted by atomic mass is 16.1. The lowest BCUT2D eigenvalue weighted by Gasteiger charge is -2.31. The molecule has 0 radical (unpaired) electrons. The van der Waals surface area contributed by atoms with Crippen LogP contribution in [0.3, 0.4) is 0 Å². The largest absolute Gasteiger partial charge is 0.341 e. The summed E-state index contributed by atoms with van der Waals surface area (Å²) in [7, 11) is 0. The number of pyridine rings is 1. The van der Waals surface area contributed by atoms with Crippen molar-refractivity contribution in [2.24, 2.45) is 0 Å². The van der Waals surface area contributed by atoms with Crippen LogP contribution in [0.2, 0.25) is 0 Å². The molecule has 2 heterocycles. The van der Waals surface area contributed by atoms with Gasteiger partial charge in [-0.1, -0.05) is 35.9 Å². The third-order valence-corrected chi connectivity index (χ3v) is 4.71. The summed E-state index contributed by atoms with van der Waals surface area (Å²) in [5.74, 6) is -0.194. The number of carbonyl (C=O) groups excluding carboxylic acids is 1. The molecule has 2 aromatic carbocycles. The molecule has 3 aromatic rings. The number of rotatable bonds is 3. The van der Waals surface area contributed by atoms with E-state index in [0.717, 1.165) is 36.3 Å². The highest BCUT2D eigenvalue weighted by Gasteiger charge is 2.19. The van der Waals surface area contributed by atoms with Gasteiger partial charge in [0.15, 0.2) is 0 Å². The Morgan fingerprint density at radius 2 is 1.88 bits per heavy atom. The van der Waals surface area contributed by atoms with Gasteiger partial charge < -0.3 is 10.2 Å². The molecule has 0 bridgehead atoms. The van der Waals surface area contributed by atoms with Crippen molar-refractivity contribution in [1.29, 1.82) is 0 Å². The zero-order valence-electron chi connectivity index (χ0n) is 14.8. The van der Waals surface area contributed by atoms with Gasteiger partial charge in [-0.2, -0.15) is 0 Å². The zero-order valence-corrected chi connectivity index (χ0v) is 14.8. The van der Waals surface area contributed by atoms with Crippen molar-refractivity contribution in [2.75, 3.05) is 16.8 Å². The predicted octanol–water partition coefficient (Wildman–Crippen LogP) is 4.73. The summed E-state index contributed by atoms with van der Waals surface area (Å²) >= 11 is 0. The maximum atomic E-state index is 12.6. The van der Waals surface area contributed by atoms with Crippen molar-refractivity contribution in [3.63, 3.8) is 0 Å². The first-order chi connectivity index (χ1) is 12.7. The van der Waals surface area contributed by atoms with E-state index in [2.05, 4.69) is 39.5 Å². The van der Waals surface area contributed by atoms with E-state index in [1.165, 1.54) is 11.3 Å². The number of hydrogen-bond acceptors (Lipinski definition) is 3.